The minimum absolute atomic E-state index is 0.171. The normalized spacial score (nSPS) is 10.3. The van der Waals surface area contributed by atoms with Crippen LogP contribution in [0.1, 0.15) is 15.9 Å². The summed E-state index contributed by atoms with van der Waals surface area (Å²) in [7, 11) is 3.16. The summed E-state index contributed by atoms with van der Waals surface area (Å²) in [5.41, 5.74) is 2.24. The number of methoxy groups -OCH3 is 2. The molecular weight excluding hydrogens is 320 g/mol. The molecule has 1 amide bonds. The van der Waals surface area contributed by atoms with Crippen molar-refractivity contribution in [2.24, 2.45) is 0 Å². The average Bonchev–Trinajstić information content (AvgIpc) is 3.20. The Kier molecular flexibility index (Phi) is 4.94. The molecule has 25 heavy (non-hydrogen) atoms. The molecule has 1 N–H and O–H groups in total. The molecule has 7 nitrogen and oxygen atoms in total. The number of hydrogen-bond acceptors (Lipinski definition) is 5. The number of benzene rings is 2. The zero-order valence-corrected chi connectivity index (χ0v) is 14.0. The highest BCUT2D eigenvalue weighted by Crippen LogP contribution is 2.30. The number of rotatable bonds is 6. The maximum Gasteiger partial charge on any atom is 0.251 e. The van der Waals surface area contributed by atoms with Gasteiger partial charge in [0.2, 0.25) is 0 Å². The Bertz CT molecular complexity index is 845. The van der Waals surface area contributed by atoms with Crippen molar-refractivity contribution in [2.45, 2.75) is 6.54 Å². The predicted octanol–water partition coefficient (Wildman–Crippen LogP) is 2.21. The molecule has 1 heterocycles. The maximum absolute atomic E-state index is 12.4. The Hall–Kier alpha value is -3.35. The van der Waals surface area contributed by atoms with Gasteiger partial charge in [0.25, 0.3) is 5.91 Å². The zero-order chi connectivity index (χ0) is 17.6. The molecular formula is C18H18N4O3. The second kappa shape index (κ2) is 7.48. The Morgan fingerprint density at radius 2 is 1.92 bits per heavy atom. The van der Waals surface area contributed by atoms with Gasteiger partial charge in [-0.25, -0.2) is 9.67 Å². The van der Waals surface area contributed by atoms with E-state index in [0.717, 1.165) is 11.3 Å². The minimum Gasteiger partial charge on any atom is -0.493 e. The van der Waals surface area contributed by atoms with Crippen LogP contribution in [0.5, 0.6) is 11.5 Å². The maximum atomic E-state index is 12.4. The summed E-state index contributed by atoms with van der Waals surface area (Å²) < 4.78 is 12.3. The van der Waals surface area contributed by atoms with E-state index in [-0.39, 0.29) is 5.91 Å². The molecule has 3 rings (SSSR count). The first-order valence-corrected chi connectivity index (χ1v) is 7.66. The first-order chi connectivity index (χ1) is 12.2. The van der Waals surface area contributed by atoms with E-state index < -0.39 is 0 Å². The quantitative estimate of drug-likeness (QED) is 0.745. The number of nitrogens with zero attached hydrogens (tertiary/aromatic N) is 3. The minimum atomic E-state index is -0.171. The summed E-state index contributed by atoms with van der Waals surface area (Å²) in [6, 6.07) is 12.7. The number of carbonyl (C=O) groups is 1. The van der Waals surface area contributed by atoms with E-state index in [1.807, 2.05) is 30.3 Å². The van der Waals surface area contributed by atoms with Gasteiger partial charge in [0, 0.05) is 17.7 Å². The fourth-order valence-corrected chi connectivity index (χ4v) is 2.48. The fraction of sp³-hybridized carbons (Fsp3) is 0.167. The van der Waals surface area contributed by atoms with E-state index in [9.17, 15) is 4.79 Å². The highest BCUT2D eigenvalue weighted by Gasteiger charge is 2.11. The second-order valence-electron chi connectivity index (χ2n) is 5.22. The van der Waals surface area contributed by atoms with Gasteiger partial charge in [0.05, 0.1) is 19.9 Å². The zero-order valence-electron chi connectivity index (χ0n) is 14.0. The predicted molar refractivity (Wildman–Crippen MR) is 92.1 cm³/mol. The van der Waals surface area contributed by atoms with Crippen LogP contribution in [0.2, 0.25) is 0 Å². The lowest BCUT2D eigenvalue weighted by atomic mass is 10.1. The summed E-state index contributed by atoms with van der Waals surface area (Å²) in [5.74, 6) is 1.08. The third kappa shape index (κ3) is 3.60. The third-order valence-electron chi connectivity index (χ3n) is 3.74. The van der Waals surface area contributed by atoms with Gasteiger partial charge < -0.3 is 14.8 Å². The molecule has 0 aliphatic carbocycles. The van der Waals surface area contributed by atoms with Crippen LogP contribution in [-0.2, 0) is 6.54 Å². The Morgan fingerprint density at radius 3 is 2.56 bits per heavy atom. The lowest BCUT2D eigenvalue weighted by Gasteiger charge is -2.13. The third-order valence-corrected chi connectivity index (χ3v) is 3.74. The molecule has 1 aromatic heterocycles. The highest BCUT2D eigenvalue weighted by atomic mass is 16.5. The summed E-state index contributed by atoms with van der Waals surface area (Å²) in [6.07, 6.45) is 3.06. The van der Waals surface area contributed by atoms with Crippen molar-refractivity contribution in [2.75, 3.05) is 14.2 Å². The van der Waals surface area contributed by atoms with E-state index >= 15 is 0 Å². The van der Waals surface area contributed by atoms with Crippen molar-refractivity contribution in [3.05, 3.63) is 66.2 Å². The van der Waals surface area contributed by atoms with Crippen molar-refractivity contribution in [1.29, 1.82) is 0 Å². The Balaban J connectivity index is 1.69. The molecule has 0 saturated carbocycles. The van der Waals surface area contributed by atoms with Crippen molar-refractivity contribution in [3.8, 4) is 17.2 Å². The number of nitrogens with one attached hydrogen (secondary N) is 1. The Morgan fingerprint density at radius 1 is 1.12 bits per heavy atom. The van der Waals surface area contributed by atoms with Crippen LogP contribution in [0.15, 0.2) is 55.1 Å². The lowest BCUT2D eigenvalue weighted by molar-refractivity contribution is 0.0950. The molecule has 0 aliphatic heterocycles. The van der Waals surface area contributed by atoms with Crippen LogP contribution in [0, 0.1) is 0 Å². The van der Waals surface area contributed by atoms with Crippen LogP contribution in [0.25, 0.3) is 5.69 Å². The van der Waals surface area contributed by atoms with Gasteiger partial charge in [-0.1, -0.05) is 12.1 Å². The second-order valence-corrected chi connectivity index (χ2v) is 5.22. The standard InChI is InChI=1S/C18H18N4O3/c1-24-16-5-3-4-14(17(16)25-2)10-20-18(23)13-6-8-15(9-7-13)22-12-19-11-21-22/h3-9,11-12H,10H2,1-2H3,(H,20,23). The molecule has 0 spiro atoms. The largest absolute Gasteiger partial charge is 0.493 e. The lowest BCUT2D eigenvalue weighted by Crippen LogP contribution is -2.23. The number of carbonyl (C=O) groups excluding carboxylic acids is 1. The van der Waals surface area contributed by atoms with E-state index in [1.54, 1.807) is 37.4 Å². The average molecular weight is 338 g/mol. The summed E-state index contributed by atoms with van der Waals surface area (Å²) in [4.78, 5) is 16.3. The first-order valence-electron chi connectivity index (χ1n) is 7.66. The number of ether oxygens (including phenoxy) is 2. The highest BCUT2D eigenvalue weighted by molar-refractivity contribution is 5.94. The van der Waals surface area contributed by atoms with Crippen molar-refractivity contribution < 1.29 is 14.3 Å². The summed E-state index contributed by atoms with van der Waals surface area (Å²) in [6.45, 7) is 0.337. The van der Waals surface area contributed by atoms with Gasteiger partial charge in [-0.2, -0.15) is 5.10 Å². The van der Waals surface area contributed by atoms with Gasteiger partial charge in [-0.15, -0.1) is 0 Å². The topological polar surface area (TPSA) is 78.3 Å². The van der Waals surface area contributed by atoms with Crippen LogP contribution < -0.4 is 14.8 Å². The van der Waals surface area contributed by atoms with Gasteiger partial charge in [0.15, 0.2) is 11.5 Å². The van der Waals surface area contributed by atoms with E-state index in [0.29, 0.717) is 23.6 Å². The van der Waals surface area contributed by atoms with Crippen molar-refractivity contribution >= 4 is 5.91 Å². The molecule has 0 bridgehead atoms. The Labute approximate surface area is 145 Å². The molecule has 0 fully saturated rings. The van der Waals surface area contributed by atoms with E-state index in [2.05, 4.69) is 15.4 Å². The molecule has 0 atom stereocenters. The van der Waals surface area contributed by atoms with Crippen LogP contribution in [-0.4, -0.2) is 34.9 Å². The SMILES string of the molecule is COc1cccc(CNC(=O)c2ccc(-n3cncn3)cc2)c1OC. The van der Waals surface area contributed by atoms with Gasteiger partial charge in [-0.3, -0.25) is 4.79 Å². The van der Waals surface area contributed by atoms with Crippen molar-refractivity contribution in [3.63, 3.8) is 0 Å². The number of hydrogen-bond donors (Lipinski definition) is 1. The molecule has 7 heteroatoms. The number of amides is 1. The summed E-state index contributed by atoms with van der Waals surface area (Å²) >= 11 is 0. The molecule has 0 saturated heterocycles. The molecule has 0 aliphatic rings. The smallest absolute Gasteiger partial charge is 0.251 e. The van der Waals surface area contributed by atoms with Gasteiger partial charge in [-0.05, 0) is 30.3 Å². The van der Waals surface area contributed by atoms with Crippen LogP contribution in [0.4, 0.5) is 0 Å². The number of para-hydroxylation sites is 1. The molecule has 128 valence electrons. The fourth-order valence-electron chi connectivity index (χ4n) is 2.48. The van der Waals surface area contributed by atoms with Gasteiger partial charge in [0.1, 0.15) is 12.7 Å². The van der Waals surface area contributed by atoms with Crippen molar-refractivity contribution in [1.82, 2.24) is 20.1 Å². The van der Waals surface area contributed by atoms with E-state index in [4.69, 9.17) is 9.47 Å². The molecule has 0 radical (unpaired) electrons. The molecule has 2 aromatic carbocycles. The first kappa shape index (κ1) is 16.5. The number of aromatic nitrogens is 3. The molecule has 0 unspecified atom stereocenters. The molecule has 3 aromatic rings. The monoisotopic (exact) mass is 338 g/mol. The summed E-state index contributed by atoms with van der Waals surface area (Å²) in [5, 5.41) is 6.94. The van der Waals surface area contributed by atoms with Crippen LogP contribution in [0.3, 0.4) is 0 Å². The van der Waals surface area contributed by atoms with E-state index in [1.165, 1.54) is 6.33 Å². The van der Waals surface area contributed by atoms with Gasteiger partial charge >= 0.3 is 0 Å². The van der Waals surface area contributed by atoms with Crippen LogP contribution >= 0.6 is 0 Å².